The molecule has 2 heteroatoms. The molecule has 39 heavy (non-hydrogen) atoms. The van der Waals surface area contributed by atoms with Crippen LogP contribution in [-0.2, 0) is 7.05 Å². The van der Waals surface area contributed by atoms with E-state index in [2.05, 4.69) is 156 Å². The van der Waals surface area contributed by atoms with Gasteiger partial charge in [-0.2, -0.15) is 0 Å². The molecule has 2 nitrogen and oxygen atoms in total. The Morgan fingerprint density at radius 2 is 0.923 bits per heavy atom. The second-order valence-electron chi connectivity index (χ2n) is 10.3. The first-order chi connectivity index (χ1) is 19.3. The van der Waals surface area contributed by atoms with E-state index in [1.54, 1.807) is 0 Å². The molecule has 0 aliphatic rings. The number of benzene rings is 6. The van der Waals surface area contributed by atoms with Crippen molar-refractivity contribution in [3.05, 3.63) is 140 Å². The van der Waals surface area contributed by atoms with Gasteiger partial charge in [-0.1, -0.05) is 97.1 Å². The third kappa shape index (κ3) is 3.35. The van der Waals surface area contributed by atoms with Crippen molar-refractivity contribution in [3.63, 3.8) is 0 Å². The van der Waals surface area contributed by atoms with Crippen LogP contribution in [0.25, 0.3) is 71.6 Å². The van der Waals surface area contributed by atoms with Gasteiger partial charge < -0.3 is 9.13 Å². The van der Waals surface area contributed by atoms with E-state index >= 15 is 0 Å². The molecule has 0 aliphatic heterocycles. The number of hydrogen-bond donors (Lipinski definition) is 0. The van der Waals surface area contributed by atoms with Crippen molar-refractivity contribution in [3.8, 4) is 27.9 Å². The molecule has 0 spiro atoms. The average molecular weight is 499 g/mol. The first-order valence-electron chi connectivity index (χ1n) is 13.4. The van der Waals surface area contributed by atoms with Gasteiger partial charge in [0.15, 0.2) is 0 Å². The quantitative estimate of drug-likeness (QED) is 0.229. The molecule has 0 saturated heterocycles. The summed E-state index contributed by atoms with van der Waals surface area (Å²) in [6.07, 6.45) is 0. The smallest absolute Gasteiger partial charge is 0.0562 e. The minimum absolute atomic E-state index is 1.17. The molecule has 0 atom stereocenters. The standard InChI is InChI=1S/C37H26N2/c1-38-34-16-7-5-14-30(34)32-23-33-31-15-6-8-17-35(31)39(37(33)24-36(32)38)29-20-18-26(19-21-29)28-13-9-12-27(22-28)25-10-3-2-4-11-25/h2-24H,1H3. The van der Waals surface area contributed by atoms with E-state index < -0.39 is 0 Å². The number of para-hydroxylation sites is 2. The first-order valence-corrected chi connectivity index (χ1v) is 13.4. The number of rotatable bonds is 3. The Kier molecular flexibility index (Phi) is 4.77. The van der Waals surface area contributed by atoms with Crippen molar-refractivity contribution in [2.45, 2.75) is 0 Å². The van der Waals surface area contributed by atoms with Crippen LogP contribution in [0.4, 0.5) is 0 Å². The lowest BCUT2D eigenvalue weighted by atomic mass is 9.99. The number of hydrogen-bond acceptors (Lipinski definition) is 0. The van der Waals surface area contributed by atoms with Crippen LogP contribution in [0.5, 0.6) is 0 Å². The van der Waals surface area contributed by atoms with Gasteiger partial charge >= 0.3 is 0 Å². The van der Waals surface area contributed by atoms with E-state index in [9.17, 15) is 0 Å². The maximum atomic E-state index is 2.41. The Hall–Kier alpha value is -5.08. The lowest BCUT2D eigenvalue weighted by Gasteiger charge is -2.11. The molecule has 0 unspecified atom stereocenters. The molecule has 0 bridgehead atoms. The van der Waals surface area contributed by atoms with Crippen LogP contribution in [0.1, 0.15) is 0 Å². The zero-order chi connectivity index (χ0) is 25.9. The maximum Gasteiger partial charge on any atom is 0.0562 e. The summed E-state index contributed by atoms with van der Waals surface area (Å²) in [7, 11) is 2.17. The van der Waals surface area contributed by atoms with Gasteiger partial charge in [-0.05, 0) is 64.7 Å². The summed E-state index contributed by atoms with van der Waals surface area (Å²) in [5.74, 6) is 0. The Morgan fingerprint density at radius 3 is 1.67 bits per heavy atom. The van der Waals surface area contributed by atoms with Crippen LogP contribution in [0.3, 0.4) is 0 Å². The SMILES string of the molecule is Cn1c2ccccc2c2cc3c4ccccc4n(-c4ccc(-c5cccc(-c6ccccc6)c5)cc4)c3cc21. The molecule has 0 N–H and O–H groups in total. The molecule has 0 radical (unpaired) electrons. The van der Waals surface area contributed by atoms with Gasteiger partial charge in [0.1, 0.15) is 0 Å². The zero-order valence-electron chi connectivity index (χ0n) is 21.7. The Morgan fingerprint density at radius 1 is 0.359 bits per heavy atom. The van der Waals surface area contributed by atoms with E-state index in [0.717, 1.165) is 0 Å². The van der Waals surface area contributed by atoms with Crippen LogP contribution in [-0.4, -0.2) is 9.13 Å². The van der Waals surface area contributed by atoms with E-state index in [1.807, 2.05) is 0 Å². The van der Waals surface area contributed by atoms with Crippen molar-refractivity contribution >= 4 is 43.6 Å². The topological polar surface area (TPSA) is 9.86 Å². The van der Waals surface area contributed by atoms with Crippen LogP contribution < -0.4 is 0 Å². The third-order valence-corrected chi connectivity index (χ3v) is 8.14. The lowest BCUT2D eigenvalue weighted by Crippen LogP contribution is -1.94. The van der Waals surface area contributed by atoms with E-state index in [0.29, 0.717) is 0 Å². The maximum absolute atomic E-state index is 2.41. The largest absolute Gasteiger partial charge is 0.344 e. The Labute approximate surface area is 227 Å². The van der Waals surface area contributed by atoms with Crippen molar-refractivity contribution in [1.82, 2.24) is 9.13 Å². The molecule has 0 aliphatic carbocycles. The number of fused-ring (bicyclic) bond motifs is 6. The third-order valence-electron chi connectivity index (χ3n) is 8.14. The highest BCUT2D eigenvalue weighted by Crippen LogP contribution is 2.38. The first kappa shape index (κ1) is 22.0. The fraction of sp³-hybridized carbons (Fsp3) is 0.0270. The molecule has 2 heterocycles. The Balaban J connectivity index is 1.30. The van der Waals surface area contributed by atoms with Crippen LogP contribution >= 0.6 is 0 Å². The van der Waals surface area contributed by atoms with Gasteiger partial charge in [-0.25, -0.2) is 0 Å². The highest BCUT2D eigenvalue weighted by atomic mass is 15.0. The molecule has 2 aromatic heterocycles. The van der Waals surface area contributed by atoms with E-state index in [1.165, 1.54) is 71.6 Å². The minimum Gasteiger partial charge on any atom is -0.344 e. The molecule has 184 valence electrons. The summed E-state index contributed by atoms with van der Waals surface area (Å²) in [6, 6.07) is 50.6. The van der Waals surface area contributed by atoms with Crippen molar-refractivity contribution < 1.29 is 0 Å². The monoisotopic (exact) mass is 498 g/mol. The van der Waals surface area contributed by atoms with Gasteiger partial charge in [0, 0.05) is 39.8 Å². The summed E-state index contributed by atoms with van der Waals surface area (Å²) in [6.45, 7) is 0. The second-order valence-corrected chi connectivity index (χ2v) is 10.3. The molecule has 0 fully saturated rings. The van der Waals surface area contributed by atoms with E-state index in [4.69, 9.17) is 0 Å². The molecule has 8 aromatic rings. The molecular weight excluding hydrogens is 472 g/mol. The summed E-state index contributed by atoms with van der Waals surface area (Å²) in [4.78, 5) is 0. The van der Waals surface area contributed by atoms with Crippen molar-refractivity contribution in [2.75, 3.05) is 0 Å². The van der Waals surface area contributed by atoms with E-state index in [-0.39, 0.29) is 0 Å². The van der Waals surface area contributed by atoms with Crippen LogP contribution in [0.2, 0.25) is 0 Å². The fourth-order valence-electron chi connectivity index (χ4n) is 6.21. The molecule has 6 aromatic carbocycles. The highest BCUT2D eigenvalue weighted by molar-refractivity contribution is 6.18. The summed E-state index contributed by atoms with van der Waals surface area (Å²) < 4.78 is 4.72. The van der Waals surface area contributed by atoms with Gasteiger partial charge in [0.25, 0.3) is 0 Å². The van der Waals surface area contributed by atoms with Gasteiger partial charge in [0.2, 0.25) is 0 Å². The molecule has 0 saturated carbocycles. The molecule has 8 rings (SSSR count). The summed E-state index contributed by atoms with van der Waals surface area (Å²) in [5, 5.41) is 5.17. The van der Waals surface area contributed by atoms with Gasteiger partial charge in [0.05, 0.1) is 16.6 Å². The van der Waals surface area contributed by atoms with Crippen molar-refractivity contribution in [1.29, 1.82) is 0 Å². The minimum atomic E-state index is 1.17. The number of aromatic nitrogens is 2. The lowest BCUT2D eigenvalue weighted by molar-refractivity contribution is 1.01. The zero-order valence-corrected chi connectivity index (χ0v) is 21.7. The predicted octanol–water partition coefficient (Wildman–Crippen LogP) is 9.76. The average Bonchev–Trinajstić information content (AvgIpc) is 3.48. The molecule has 0 amide bonds. The van der Waals surface area contributed by atoms with Crippen LogP contribution in [0, 0.1) is 0 Å². The molecular formula is C37H26N2. The van der Waals surface area contributed by atoms with Crippen LogP contribution in [0.15, 0.2) is 140 Å². The number of aryl methyl sites for hydroxylation is 1. The highest BCUT2D eigenvalue weighted by Gasteiger charge is 2.16. The summed E-state index contributed by atoms with van der Waals surface area (Å²) in [5.41, 5.74) is 11.1. The van der Waals surface area contributed by atoms with Crippen molar-refractivity contribution in [2.24, 2.45) is 7.05 Å². The summed E-state index contributed by atoms with van der Waals surface area (Å²) >= 11 is 0. The predicted molar refractivity (Wildman–Crippen MR) is 166 cm³/mol. The normalized spacial score (nSPS) is 11.7. The second kappa shape index (κ2) is 8.47. The number of nitrogens with zero attached hydrogens (tertiary/aromatic N) is 2. The Bertz CT molecular complexity index is 2160. The van der Waals surface area contributed by atoms with Gasteiger partial charge in [-0.3, -0.25) is 0 Å². The fourth-order valence-corrected chi connectivity index (χ4v) is 6.21. The van der Waals surface area contributed by atoms with Gasteiger partial charge in [-0.15, -0.1) is 0 Å².